The molecular weight excluding hydrogens is 634 g/mol. The van der Waals surface area contributed by atoms with Gasteiger partial charge < -0.3 is 20.5 Å². The molecule has 256 valence electrons. The molecule has 2 aromatic heterocycles. The van der Waals surface area contributed by atoms with Crippen LogP contribution in [0.2, 0.25) is 0 Å². The molecule has 0 unspecified atom stereocenters. The summed E-state index contributed by atoms with van der Waals surface area (Å²) in [6, 6.07) is 16.1. The minimum atomic E-state index is -3.15. The largest absolute Gasteiger partial charge is 0.497 e. The monoisotopic (exact) mass is 672 g/mol. The maximum absolute atomic E-state index is 12.1. The van der Waals surface area contributed by atoms with Crippen LogP contribution in [-0.2, 0) is 28.5 Å². The molecule has 6 rings (SSSR count). The zero-order valence-electron chi connectivity index (χ0n) is 27.3. The van der Waals surface area contributed by atoms with Gasteiger partial charge in [-0.05, 0) is 61.1 Å². The molecule has 3 N–H and O–H groups in total. The first-order valence-electron chi connectivity index (χ1n) is 15.8. The Balaban J connectivity index is 0.000000195. The number of hydrogen-bond donors (Lipinski definition) is 2. The van der Waals surface area contributed by atoms with E-state index < -0.39 is 24.7 Å². The summed E-state index contributed by atoms with van der Waals surface area (Å²) in [6.45, 7) is -0.528. The number of nitrogens with two attached hydrogens (primary N) is 1. The number of rotatable bonds is 14. The molecule has 2 aliphatic carbocycles. The molecule has 11 nitrogen and oxygen atoms in total. The number of benzene rings is 2. The summed E-state index contributed by atoms with van der Waals surface area (Å²) in [5, 5.41) is 1.87. The highest BCUT2D eigenvalue weighted by Crippen LogP contribution is 2.51. The van der Waals surface area contributed by atoms with Crippen molar-refractivity contribution in [3.63, 3.8) is 0 Å². The summed E-state index contributed by atoms with van der Waals surface area (Å²) >= 11 is 0. The molecule has 49 heavy (non-hydrogen) atoms. The van der Waals surface area contributed by atoms with Crippen LogP contribution in [0.15, 0.2) is 73.3 Å². The maximum Gasteiger partial charge on any atom is 0.315 e. The van der Waals surface area contributed by atoms with Crippen molar-refractivity contribution in [3.05, 3.63) is 107 Å². The van der Waals surface area contributed by atoms with E-state index in [9.17, 15) is 23.2 Å². The highest BCUT2D eigenvalue weighted by Gasteiger charge is 2.45. The van der Waals surface area contributed by atoms with Gasteiger partial charge >= 0.3 is 6.43 Å². The normalized spacial score (nSPS) is 15.0. The van der Waals surface area contributed by atoms with E-state index in [-0.39, 0.29) is 28.7 Å². The number of nitrogens with one attached hydrogen (secondary N) is 1. The SMILES string of the molecule is COc1ccc(C2(Cc3ncc(C(=O)CN)cn3)CC2)cc1.COc1ccc(C2(Cc3ncc(C(=O)CNC(=O)C(F)F)cn3)CC2)cc1. The zero-order chi connectivity index (χ0) is 35.0. The van der Waals surface area contributed by atoms with Gasteiger partial charge in [0.15, 0.2) is 11.6 Å². The number of aromatic nitrogens is 4. The number of ether oxygens (including phenoxy) is 2. The third-order valence-electron chi connectivity index (χ3n) is 8.97. The van der Waals surface area contributed by atoms with Crippen molar-refractivity contribution in [1.29, 1.82) is 0 Å². The molecule has 0 atom stereocenters. The van der Waals surface area contributed by atoms with Crippen molar-refractivity contribution in [3.8, 4) is 11.5 Å². The first-order valence-corrected chi connectivity index (χ1v) is 15.8. The van der Waals surface area contributed by atoms with Crippen LogP contribution in [0.3, 0.4) is 0 Å². The highest BCUT2D eigenvalue weighted by molar-refractivity contribution is 5.99. The smallest absolute Gasteiger partial charge is 0.315 e. The first kappa shape index (κ1) is 35.1. The topological polar surface area (TPSA) is 159 Å². The molecule has 1 amide bonds. The van der Waals surface area contributed by atoms with E-state index in [0.29, 0.717) is 17.8 Å². The van der Waals surface area contributed by atoms with Crippen molar-refractivity contribution in [2.24, 2.45) is 5.73 Å². The Morgan fingerprint density at radius 1 is 0.714 bits per heavy atom. The lowest BCUT2D eigenvalue weighted by atomic mass is 9.92. The molecular formula is C36H38F2N6O5. The van der Waals surface area contributed by atoms with Gasteiger partial charge in [0.25, 0.3) is 5.91 Å². The van der Waals surface area contributed by atoms with E-state index >= 15 is 0 Å². The molecule has 2 aliphatic rings. The van der Waals surface area contributed by atoms with Gasteiger partial charge in [-0.15, -0.1) is 0 Å². The van der Waals surface area contributed by atoms with Crippen LogP contribution in [0.5, 0.6) is 11.5 Å². The van der Waals surface area contributed by atoms with Gasteiger partial charge in [-0.3, -0.25) is 14.4 Å². The van der Waals surface area contributed by atoms with Crippen molar-refractivity contribution < 1.29 is 32.6 Å². The average molecular weight is 673 g/mol. The van der Waals surface area contributed by atoms with Crippen molar-refractivity contribution in [1.82, 2.24) is 25.3 Å². The molecule has 0 aliphatic heterocycles. The lowest BCUT2D eigenvalue weighted by Gasteiger charge is -2.15. The summed E-state index contributed by atoms with van der Waals surface area (Å²) in [5.41, 5.74) is 8.60. The van der Waals surface area contributed by atoms with Gasteiger partial charge in [-0.1, -0.05) is 24.3 Å². The van der Waals surface area contributed by atoms with Crippen LogP contribution in [-0.4, -0.2) is 71.1 Å². The molecule has 2 heterocycles. The van der Waals surface area contributed by atoms with Crippen LogP contribution >= 0.6 is 0 Å². The van der Waals surface area contributed by atoms with Crippen LogP contribution < -0.4 is 20.5 Å². The van der Waals surface area contributed by atoms with E-state index in [4.69, 9.17) is 15.2 Å². The maximum atomic E-state index is 12.1. The molecule has 0 saturated heterocycles. The molecule has 0 radical (unpaired) electrons. The molecule has 2 aromatic carbocycles. The molecule has 0 spiro atoms. The minimum absolute atomic E-state index is 0.00301. The molecule has 2 fully saturated rings. The minimum Gasteiger partial charge on any atom is -0.497 e. The van der Waals surface area contributed by atoms with Crippen LogP contribution in [0.4, 0.5) is 8.78 Å². The summed E-state index contributed by atoms with van der Waals surface area (Å²) in [5.74, 6) is 0.900. The quantitative estimate of drug-likeness (QED) is 0.186. The van der Waals surface area contributed by atoms with Crippen LogP contribution in [0.1, 0.15) is 69.2 Å². The average Bonchev–Trinajstić information content (AvgIpc) is 4.09. The second-order valence-corrected chi connectivity index (χ2v) is 12.2. The number of nitrogens with zero attached hydrogens (tertiary/aromatic N) is 4. The highest BCUT2D eigenvalue weighted by atomic mass is 19.3. The predicted molar refractivity (Wildman–Crippen MR) is 176 cm³/mol. The number of hydrogen-bond acceptors (Lipinski definition) is 10. The van der Waals surface area contributed by atoms with Crippen molar-refractivity contribution >= 4 is 17.5 Å². The summed E-state index contributed by atoms with van der Waals surface area (Å²) in [4.78, 5) is 51.3. The second-order valence-electron chi connectivity index (χ2n) is 12.2. The molecule has 2 saturated carbocycles. The van der Waals surface area contributed by atoms with Crippen LogP contribution in [0.25, 0.3) is 0 Å². The Morgan fingerprint density at radius 2 is 1.10 bits per heavy atom. The Morgan fingerprint density at radius 3 is 1.43 bits per heavy atom. The standard InChI is InChI=1S/C19H19F2N3O3.C17H19N3O2/c1-27-14-4-2-13(3-5-14)19(6-7-19)8-16-22-9-12(10-23-16)15(25)11-24-18(26)17(20)21;1-22-14-4-2-13(3-5-14)17(6-7-17)8-16-19-10-12(11-20-16)15(21)9-18/h2-5,9-10,17H,6-8,11H2,1H3,(H,24,26);2-5,10-11H,6-9,18H2,1H3. The van der Waals surface area contributed by atoms with E-state index in [2.05, 4.69) is 32.1 Å². The Bertz CT molecular complexity index is 1740. The Labute approximate surface area is 282 Å². The molecule has 0 bridgehead atoms. The third-order valence-corrected chi connectivity index (χ3v) is 8.97. The summed E-state index contributed by atoms with van der Waals surface area (Å²) in [6.07, 6.45) is 8.48. The fourth-order valence-electron chi connectivity index (χ4n) is 5.58. The van der Waals surface area contributed by atoms with Crippen molar-refractivity contribution in [2.45, 2.75) is 55.8 Å². The number of ketones is 2. The number of alkyl halides is 2. The van der Waals surface area contributed by atoms with E-state index in [0.717, 1.165) is 49.4 Å². The Hall–Kier alpha value is -5.17. The predicted octanol–water partition coefficient (Wildman–Crippen LogP) is 4.22. The van der Waals surface area contributed by atoms with Gasteiger partial charge in [0.2, 0.25) is 0 Å². The third kappa shape index (κ3) is 8.85. The van der Waals surface area contributed by atoms with E-state index in [1.165, 1.54) is 23.5 Å². The van der Waals surface area contributed by atoms with Gasteiger partial charge in [0.05, 0.1) is 38.4 Å². The lowest BCUT2D eigenvalue weighted by molar-refractivity contribution is -0.131. The summed E-state index contributed by atoms with van der Waals surface area (Å²) in [7, 11) is 3.29. The second kappa shape index (κ2) is 15.4. The van der Waals surface area contributed by atoms with Gasteiger partial charge in [-0.25, -0.2) is 19.9 Å². The number of halogens is 2. The zero-order valence-corrected chi connectivity index (χ0v) is 27.3. The van der Waals surface area contributed by atoms with E-state index in [1.807, 2.05) is 41.7 Å². The van der Waals surface area contributed by atoms with Gasteiger partial charge in [-0.2, -0.15) is 8.78 Å². The fourth-order valence-corrected chi connectivity index (χ4v) is 5.58. The number of amides is 1. The van der Waals surface area contributed by atoms with E-state index in [1.54, 1.807) is 26.6 Å². The fraction of sp³-hybridized carbons (Fsp3) is 0.361. The molecule has 13 heteroatoms. The summed E-state index contributed by atoms with van der Waals surface area (Å²) < 4.78 is 34.6. The lowest BCUT2D eigenvalue weighted by Crippen LogP contribution is -2.34. The number of methoxy groups -OCH3 is 2. The number of Topliss-reactive ketones (excluding diaryl/α,β-unsaturated/α-hetero) is 2. The van der Waals surface area contributed by atoms with Gasteiger partial charge in [0, 0.05) is 48.5 Å². The van der Waals surface area contributed by atoms with Crippen molar-refractivity contribution in [2.75, 3.05) is 27.3 Å². The van der Waals surface area contributed by atoms with Gasteiger partial charge in [0.1, 0.15) is 23.1 Å². The Kier molecular flexibility index (Phi) is 11.0. The number of carbonyl (C=O) groups is 3. The number of carbonyl (C=O) groups excluding carboxylic acids is 3. The molecule has 4 aromatic rings. The van der Waals surface area contributed by atoms with Crippen LogP contribution in [0, 0.1) is 0 Å². The first-order chi connectivity index (χ1) is 23.6.